The quantitative estimate of drug-likeness (QED) is 0.727. The number of ether oxygens (including phenoxy) is 2. The van der Waals surface area contributed by atoms with E-state index in [4.69, 9.17) is 9.47 Å². The predicted octanol–water partition coefficient (Wildman–Crippen LogP) is 1.76. The molecule has 1 aliphatic carbocycles. The first kappa shape index (κ1) is 10.9. The van der Waals surface area contributed by atoms with E-state index in [9.17, 15) is 4.79 Å². The minimum atomic E-state index is -0.106. The second kappa shape index (κ2) is 4.51. The summed E-state index contributed by atoms with van der Waals surface area (Å²) in [6.45, 7) is 2.26. The van der Waals surface area contributed by atoms with Crippen molar-refractivity contribution >= 4 is 5.97 Å². The van der Waals surface area contributed by atoms with Crippen molar-refractivity contribution in [2.75, 3.05) is 13.7 Å². The second-order valence-electron chi connectivity index (χ2n) is 3.82. The zero-order chi connectivity index (χ0) is 11.5. The van der Waals surface area contributed by atoms with E-state index in [0.29, 0.717) is 6.61 Å². The van der Waals surface area contributed by atoms with Crippen LogP contribution in [0.15, 0.2) is 18.3 Å². The molecule has 1 saturated carbocycles. The molecule has 1 heterocycles. The van der Waals surface area contributed by atoms with Crippen molar-refractivity contribution < 1.29 is 14.3 Å². The van der Waals surface area contributed by atoms with Crippen molar-refractivity contribution in [1.29, 1.82) is 0 Å². The minimum absolute atomic E-state index is 0.000782. The fourth-order valence-corrected chi connectivity index (χ4v) is 1.76. The number of nitrogens with zero attached hydrogens (tertiary/aromatic N) is 1. The summed E-state index contributed by atoms with van der Waals surface area (Å²) in [5.41, 5.74) is 0.943. The van der Waals surface area contributed by atoms with Gasteiger partial charge in [0.2, 0.25) is 0 Å². The lowest BCUT2D eigenvalue weighted by Crippen LogP contribution is -2.07. The maximum atomic E-state index is 11.4. The highest BCUT2D eigenvalue weighted by atomic mass is 16.5. The van der Waals surface area contributed by atoms with E-state index in [1.165, 1.54) is 0 Å². The second-order valence-corrected chi connectivity index (χ2v) is 3.82. The van der Waals surface area contributed by atoms with Gasteiger partial charge in [0.05, 0.1) is 25.8 Å². The van der Waals surface area contributed by atoms with Gasteiger partial charge < -0.3 is 9.47 Å². The average Bonchev–Trinajstić information content (AvgIpc) is 3.09. The van der Waals surface area contributed by atoms with Crippen LogP contribution in [0.1, 0.15) is 25.0 Å². The first-order valence-electron chi connectivity index (χ1n) is 5.42. The first-order chi connectivity index (χ1) is 7.76. The lowest BCUT2D eigenvalue weighted by Gasteiger charge is -2.02. The van der Waals surface area contributed by atoms with E-state index in [-0.39, 0.29) is 17.8 Å². The van der Waals surface area contributed by atoms with Crippen LogP contribution in [0.2, 0.25) is 0 Å². The Balaban J connectivity index is 1.97. The van der Waals surface area contributed by atoms with E-state index in [1.54, 1.807) is 13.3 Å². The summed E-state index contributed by atoms with van der Waals surface area (Å²) >= 11 is 0. The van der Waals surface area contributed by atoms with Crippen LogP contribution in [0.3, 0.4) is 0 Å². The molecule has 2 rings (SSSR count). The topological polar surface area (TPSA) is 48.4 Å². The number of esters is 1. The number of rotatable bonds is 4. The monoisotopic (exact) mass is 221 g/mol. The normalized spacial score (nSPS) is 22.6. The van der Waals surface area contributed by atoms with Crippen molar-refractivity contribution in [3.8, 4) is 5.75 Å². The summed E-state index contributed by atoms with van der Waals surface area (Å²) in [6, 6.07) is 3.77. The van der Waals surface area contributed by atoms with Crippen LogP contribution in [0.4, 0.5) is 0 Å². The molecule has 86 valence electrons. The third kappa shape index (κ3) is 2.15. The van der Waals surface area contributed by atoms with Gasteiger partial charge in [0.15, 0.2) is 0 Å². The number of carbonyl (C=O) groups is 1. The molecule has 0 bridgehead atoms. The van der Waals surface area contributed by atoms with Crippen LogP contribution < -0.4 is 4.74 Å². The van der Waals surface area contributed by atoms with E-state index in [2.05, 4.69) is 4.98 Å². The molecule has 0 aliphatic heterocycles. The highest BCUT2D eigenvalue weighted by Crippen LogP contribution is 2.47. The van der Waals surface area contributed by atoms with Crippen molar-refractivity contribution in [2.24, 2.45) is 5.92 Å². The fourth-order valence-electron chi connectivity index (χ4n) is 1.76. The van der Waals surface area contributed by atoms with Gasteiger partial charge in [-0.3, -0.25) is 9.78 Å². The summed E-state index contributed by atoms with van der Waals surface area (Å²) in [5.74, 6) is 0.855. The SMILES string of the molecule is CCOC(=O)[C@@H]1C[C@H]1c1ccc(OC)cn1. The van der Waals surface area contributed by atoms with Crippen LogP contribution in [0, 0.1) is 5.92 Å². The molecule has 1 aliphatic rings. The Morgan fingerprint density at radius 1 is 1.56 bits per heavy atom. The highest BCUT2D eigenvalue weighted by molar-refractivity contribution is 5.77. The maximum absolute atomic E-state index is 11.4. The van der Waals surface area contributed by atoms with Crippen molar-refractivity contribution in [3.05, 3.63) is 24.0 Å². The van der Waals surface area contributed by atoms with Crippen LogP contribution in [0.5, 0.6) is 5.75 Å². The van der Waals surface area contributed by atoms with Gasteiger partial charge in [-0.15, -0.1) is 0 Å². The largest absolute Gasteiger partial charge is 0.495 e. The molecule has 1 fully saturated rings. The average molecular weight is 221 g/mol. The Bertz CT molecular complexity index is 374. The molecular weight excluding hydrogens is 206 g/mol. The maximum Gasteiger partial charge on any atom is 0.309 e. The van der Waals surface area contributed by atoms with Gasteiger partial charge in [-0.2, -0.15) is 0 Å². The van der Waals surface area contributed by atoms with Gasteiger partial charge in [-0.25, -0.2) is 0 Å². The summed E-state index contributed by atoms with van der Waals surface area (Å²) in [6.07, 6.45) is 2.52. The molecule has 4 nitrogen and oxygen atoms in total. The molecule has 0 spiro atoms. The lowest BCUT2D eigenvalue weighted by atomic mass is 10.2. The third-order valence-corrected chi connectivity index (χ3v) is 2.75. The molecular formula is C12H15NO3. The number of hydrogen-bond acceptors (Lipinski definition) is 4. The predicted molar refractivity (Wildman–Crippen MR) is 58.3 cm³/mol. The van der Waals surface area contributed by atoms with E-state index < -0.39 is 0 Å². The molecule has 0 saturated heterocycles. The van der Waals surface area contributed by atoms with E-state index >= 15 is 0 Å². The van der Waals surface area contributed by atoms with Crippen molar-refractivity contribution in [3.63, 3.8) is 0 Å². The first-order valence-corrected chi connectivity index (χ1v) is 5.42. The van der Waals surface area contributed by atoms with Crippen LogP contribution in [-0.2, 0) is 9.53 Å². The fraction of sp³-hybridized carbons (Fsp3) is 0.500. The summed E-state index contributed by atoms with van der Waals surface area (Å²) in [7, 11) is 1.61. The summed E-state index contributed by atoms with van der Waals surface area (Å²) in [4.78, 5) is 15.7. The third-order valence-electron chi connectivity index (χ3n) is 2.75. The molecule has 0 unspecified atom stereocenters. The Morgan fingerprint density at radius 3 is 2.94 bits per heavy atom. The molecule has 16 heavy (non-hydrogen) atoms. The van der Waals surface area contributed by atoms with Crippen LogP contribution in [-0.4, -0.2) is 24.7 Å². The van der Waals surface area contributed by atoms with Gasteiger partial charge in [0, 0.05) is 11.6 Å². The van der Waals surface area contributed by atoms with Gasteiger partial charge in [0.1, 0.15) is 5.75 Å². The summed E-state index contributed by atoms with van der Waals surface area (Å²) in [5, 5.41) is 0. The highest BCUT2D eigenvalue weighted by Gasteiger charge is 2.46. The molecule has 2 atom stereocenters. The van der Waals surface area contributed by atoms with Crippen LogP contribution >= 0.6 is 0 Å². The molecule has 1 aromatic heterocycles. The van der Waals surface area contributed by atoms with Gasteiger partial charge in [0.25, 0.3) is 0 Å². The lowest BCUT2D eigenvalue weighted by molar-refractivity contribution is -0.144. The Labute approximate surface area is 94.6 Å². The summed E-state index contributed by atoms with van der Waals surface area (Å²) < 4.78 is 10.00. The number of carbonyl (C=O) groups excluding carboxylic acids is 1. The van der Waals surface area contributed by atoms with Gasteiger partial charge in [-0.1, -0.05) is 0 Å². The Hall–Kier alpha value is -1.58. The number of aromatic nitrogens is 1. The molecule has 0 radical (unpaired) electrons. The smallest absolute Gasteiger partial charge is 0.309 e. The zero-order valence-corrected chi connectivity index (χ0v) is 9.47. The van der Waals surface area contributed by atoms with Crippen molar-refractivity contribution in [1.82, 2.24) is 4.98 Å². The van der Waals surface area contributed by atoms with Crippen LogP contribution in [0.25, 0.3) is 0 Å². The number of hydrogen-bond donors (Lipinski definition) is 0. The standard InChI is InChI=1S/C12H15NO3/c1-3-16-12(14)10-6-9(10)11-5-4-8(15-2)7-13-11/h4-5,7,9-10H,3,6H2,1-2H3/t9-,10-/m1/s1. The number of pyridine rings is 1. The van der Waals surface area contributed by atoms with Gasteiger partial charge in [-0.05, 0) is 25.5 Å². The molecule has 1 aromatic rings. The zero-order valence-electron chi connectivity index (χ0n) is 9.47. The van der Waals surface area contributed by atoms with E-state index in [0.717, 1.165) is 17.9 Å². The number of methoxy groups -OCH3 is 1. The Morgan fingerprint density at radius 2 is 2.38 bits per heavy atom. The molecule has 0 N–H and O–H groups in total. The van der Waals surface area contributed by atoms with E-state index in [1.807, 2.05) is 19.1 Å². The van der Waals surface area contributed by atoms with Gasteiger partial charge >= 0.3 is 5.97 Å². The van der Waals surface area contributed by atoms with Crippen molar-refractivity contribution in [2.45, 2.75) is 19.3 Å². The minimum Gasteiger partial charge on any atom is -0.495 e. The Kier molecular flexibility index (Phi) is 3.08. The molecule has 4 heteroatoms. The molecule has 0 amide bonds. The molecule has 0 aromatic carbocycles.